The Kier molecular flexibility index (Phi) is 7.97. The van der Waals surface area contributed by atoms with Gasteiger partial charge < -0.3 is 19.5 Å². The lowest BCUT2D eigenvalue weighted by atomic mass is 10.1. The molecule has 0 saturated carbocycles. The average molecular weight is 417 g/mol. The molecule has 0 aliphatic rings. The van der Waals surface area contributed by atoms with E-state index in [4.69, 9.17) is 14.2 Å². The zero-order valence-electron chi connectivity index (χ0n) is 16.7. The Hall–Kier alpha value is -3.13. The summed E-state index contributed by atoms with van der Waals surface area (Å²) in [5.41, 5.74) is 1.77. The fourth-order valence-electron chi connectivity index (χ4n) is 2.47. The van der Waals surface area contributed by atoms with Gasteiger partial charge >= 0.3 is 11.9 Å². The van der Waals surface area contributed by atoms with E-state index in [1.807, 2.05) is 26.0 Å². The minimum Gasteiger partial charge on any atom is -0.493 e. The first kappa shape index (κ1) is 22.2. The first-order valence-electron chi connectivity index (χ1n) is 8.92. The van der Waals surface area contributed by atoms with Crippen LogP contribution in [-0.4, -0.2) is 38.2 Å². The number of anilines is 1. The van der Waals surface area contributed by atoms with E-state index in [0.29, 0.717) is 22.9 Å². The quantitative estimate of drug-likeness (QED) is 0.520. The Bertz CT molecular complexity index is 931. The molecule has 0 atom stereocenters. The van der Waals surface area contributed by atoms with Crippen LogP contribution in [0.4, 0.5) is 5.00 Å². The maximum Gasteiger partial charge on any atom is 0.341 e. The highest BCUT2D eigenvalue weighted by Gasteiger charge is 2.21. The summed E-state index contributed by atoms with van der Waals surface area (Å²) in [6, 6.07) is 7.26. The maximum atomic E-state index is 12.1. The van der Waals surface area contributed by atoms with Gasteiger partial charge in [-0.3, -0.25) is 4.79 Å². The van der Waals surface area contributed by atoms with E-state index in [2.05, 4.69) is 5.32 Å². The third-order valence-corrected chi connectivity index (χ3v) is 5.11. The molecule has 0 aliphatic heterocycles. The number of thiophene rings is 1. The molecule has 0 spiro atoms. The molecule has 7 nitrogen and oxygen atoms in total. The minimum absolute atomic E-state index is 0.308. The number of ether oxygens (including phenoxy) is 3. The van der Waals surface area contributed by atoms with Crippen molar-refractivity contribution in [2.24, 2.45) is 0 Å². The van der Waals surface area contributed by atoms with Crippen molar-refractivity contribution in [1.82, 2.24) is 0 Å². The summed E-state index contributed by atoms with van der Waals surface area (Å²) in [5, 5.41) is 2.97. The van der Waals surface area contributed by atoms with Crippen LogP contribution in [-0.2, 0) is 19.1 Å². The number of methoxy groups -OCH3 is 1. The van der Waals surface area contributed by atoms with Gasteiger partial charge in [-0.05, 0) is 38.5 Å². The Morgan fingerprint density at radius 1 is 1.17 bits per heavy atom. The van der Waals surface area contributed by atoms with Gasteiger partial charge in [-0.25, -0.2) is 9.59 Å². The SMILES string of the molecule is CCOc1ccccc1/C=C/C(=O)OCC(=O)Nc1sc(C)c(C)c1C(=O)OC. The second kappa shape index (κ2) is 10.4. The molecule has 0 fully saturated rings. The molecule has 1 amide bonds. The van der Waals surface area contributed by atoms with E-state index in [0.717, 1.165) is 16.0 Å². The summed E-state index contributed by atoms with van der Waals surface area (Å²) in [6.45, 7) is 5.51. The molecule has 2 rings (SSSR count). The zero-order valence-corrected chi connectivity index (χ0v) is 17.6. The summed E-state index contributed by atoms with van der Waals surface area (Å²) in [4.78, 5) is 36.9. The van der Waals surface area contributed by atoms with E-state index in [9.17, 15) is 14.4 Å². The predicted molar refractivity (Wildman–Crippen MR) is 111 cm³/mol. The second-order valence-corrected chi connectivity index (χ2v) is 7.16. The van der Waals surface area contributed by atoms with Gasteiger partial charge in [0.25, 0.3) is 5.91 Å². The fraction of sp³-hybridized carbons (Fsp3) is 0.286. The highest BCUT2D eigenvalue weighted by Crippen LogP contribution is 2.32. The number of benzene rings is 1. The van der Waals surface area contributed by atoms with Crippen molar-refractivity contribution in [2.75, 3.05) is 25.6 Å². The van der Waals surface area contributed by atoms with Crippen LogP contribution in [0.3, 0.4) is 0 Å². The fourth-order valence-corrected chi connectivity index (χ4v) is 3.54. The van der Waals surface area contributed by atoms with Crippen molar-refractivity contribution in [3.8, 4) is 5.75 Å². The number of hydrogen-bond acceptors (Lipinski definition) is 7. The molecule has 1 heterocycles. The third-order valence-electron chi connectivity index (χ3n) is 3.99. The summed E-state index contributed by atoms with van der Waals surface area (Å²) in [5.74, 6) is -1.10. The number of carbonyl (C=O) groups excluding carboxylic acids is 3. The molecule has 0 radical (unpaired) electrons. The van der Waals surface area contributed by atoms with Gasteiger partial charge in [-0.2, -0.15) is 0 Å². The van der Waals surface area contributed by atoms with Crippen molar-refractivity contribution in [3.05, 3.63) is 51.9 Å². The minimum atomic E-state index is -0.668. The molecule has 8 heteroatoms. The van der Waals surface area contributed by atoms with Gasteiger partial charge in [0.1, 0.15) is 10.8 Å². The van der Waals surface area contributed by atoms with E-state index >= 15 is 0 Å². The van der Waals surface area contributed by atoms with E-state index in [-0.39, 0.29) is 0 Å². The lowest BCUT2D eigenvalue weighted by Gasteiger charge is -2.07. The van der Waals surface area contributed by atoms with Crippen molar-refractivity contribution < 1.29 is 28.6 Å². The molecule has 1 N–H and O–H groups in total. The summed E-state index contributed by atoms with van der Waals surface area (Å²) >= 11 is 1.26. The van der Waals surface area contributed by atoms with Crippen LogP contribution < -0.4 is 10.1 Å². The number of carbonyl (C=O) groups is 3. The molecule has 29 heavy (non-hydrogen) atoms. The van der Waals surface area contributed by atoms with Gasteiger partial charge in [-0.15, -0.1) is 11.3 Å². The summed E-state index contributed by atoms with van der Waals surface area (Å²) in [7, 11) is 1.28. The number of aryl methyl sites for hydroxylation is 1. The van der Waals surface area contributed by atoms with Gasteiger partial charge in [0.2, 0.25) is 0 Å². The van der Waals surface area contributed by atoms with Crippen LogP contribution >= 0.6 is 11.3 Å². The van der Waals surface area contributed by atoms with Gasteiger partial charge in [0.05, 0.1) is 19.3 Å². The lowest BCUT2D eigenvalue weighted by molar-refractivity contribution is -0.142. The van der Waals surface area contributed by atoms with E-state index < -0.39 is 24.5 Å². The molecule has 0 saturated heterocycles. The first-order chi connectivity index (χ1) is 13.9. The Balaban J connectivity index is 1.96. The summed E-state index contributed by atoms with van der Waals surface area (Å²) < 4.78 is 15.2. The molecule has 0 unspecified atom stereocenters. The second-order valence-electron chi connectivity index (χ2n) is 5.94. The van der Waals surface area contributed by atoms with Gasteiger partial charge in [0, 0.05) is 16.5 Å². The number of para-hydroxylation sites is 1. The average Bonchev–Trinajstić information content (AvgIpc) is 2.98. The van der Waals surface area contributed by atoms with Crippen LogP contribution in [0, 0.1) is 13.8 Å². The number of amides is 1. The largest absolute Gasteiger partial charge is 0.493 e. The predicted octanol–water partition coefficient (Wildman–Crippen LogP) is 3.75. The molecule has 0 bridgehead atoms. The molecule has 1 aromatic carbocycles. The van der Waals surface area contributed by atoms with Crippen molar-refractivity contribution in [2.45, 2.75) is 20.8 Å². The normalized spacial score (nSPS) is 10.6. The summed E-state index contributed by atoms with van der Waals surface area (Å²) in [6.07, 6.45) is 2.79. The number of rotatable bonds is 8. The topological polar surface area (TPSA) is 90.9 Å². The van der Waals surface area contributed by atoms with Crippen LogP contribution in [0.15, 0.2) is 30.3 Å². The standard InChI is InChI=1S/C21H23NO6S/c1-5-27-16-9-7-6-8-15(16)10-11-18(24)28-12-17(23)22-20-19(21(25)26-4)13(2)14(3)29-20/h6-11H,5,12H2,1-4H3,(H,22,23)/b11-10+. The molecular formula is C21H23NO6S. The monoisotopic (exact) mass is 417 g/mol. The Morgan fingerprint density at radius 2 is 1.90 bits per heavy atom. The number of hydrogen-bond donors (Lipinski definition) is 1. The lowest BCUT2D eigenvalue weighted by Crippen LogP contribution is -2.21. The molecule has 154 valence electrons. The van der Waals surface area contributed by atoms with Crippen molar-refractivity contribution >= 4 is 40.3 Å². The van der Waals surface area contributed by atoms with E-state index in [1.165, 1.54) is 24.5 Å². The highest BCUT2D eigenvalue weighted by atomic mass is 32.1. The molecule has 2 aromatic rings. The van der Waals surface area contributed by atoms with Gasteiger partial charge in [0.15, 0.2) is 6.61 Å². The maximum absolute atomic E-state index is 12.1. The van der Waals surface area contributed by atoms with Crippen LogP contribution in [0.2, 0.25) is 0 Å². The van der Waals surface area contributed by atoms with Gasteiger partial charge in [-0.1, -0.05) is 18.2 Å². The molecule has 1 aromatic heterocycles. The molecule has 0 aliphatic carbocycles. The molecular weight excluding hydrogens is 394 g/mol. The Labute approximate surface area is 173 Å². The van der Waals surface area contributed by atoms with E-state index in [1.54, 1.807) is 25.1 Å². The van der Waals surface area contributed by atoms with Crippen LogP contribution in [0.1, 0.15) is 33.3 Å². The van der Waals surface area contributed by atoms with Crippen molar-refractivity contribution in [3.63, 3.8) is 0 Å². The first-order valence-corrected chi connectivity index (χ1v) is 9.73. The van der Waals surface area contributed by atoms with Crippen LogP contribution in [0.25, 0.3) is 6.08 Å². The third kappa shape index (κ3) is 5.92. The van der Waals surface area contributed by atoms with Crippen LogP contribution in [0.5, 0.6) is 5.75 Å². The Morgan fingerprint density at radius 3 is 2.59 bits per heavy atom. The number of nitrogens with one attached hydrogen (secondary N) is 1. The zero-order chi connectivity index (χ0) is 21.4. The highest BCUT2D eigenvalue weighted by molar-refractivity contribution is 7.16. The smallest absolute Gasteiger partial charge is 0.341 e. The number of esters is 2. The van der Waals surface area contributed by atoms with Crippen molar-refractivity contribution in [1.29, 1.82) is 0 Å².